The predicted molar refractivity (Wildman–Crippen MR) is 119 cm³/mol. The summed E-state index contributed by atoms with van der Waals surface area (Å²) >= 11 is 0. The van der Waals surface area contributed by atoms with Crippen molar-refractivity contribution >= 4 is 17.8 Å². The number of likely N-dealkylation sites (tertiary alicyclic amines) is 1. The van der Waals surface area contributed by atoms with Crippen molar-refractivity contribution in [3.8, 4) is 11.4 Å². The first-order valence-electron chi connectivity index (χ1n) is 10.9. The number of methoxy groups -OCH3 is 1. The second-order valence-corrected chi connectivity index (χ2v) is 9.22. The van der Waals surface area contributed by atoms with Gasteiger partial charge in [0.25, 0.3) is 5.91 Å². The summed E-state index contributed by atoms with van der Waals surface area (Å²) in [4.78, 5) is 19.4. The lowest BCUT2D eigenvalue weighted by atomic mass is 9.80. The Bertz CT molecular complexity index is 971. The van der Waals surface area contributed by atoms with Crippen LogP contribution in [0, 0.1) is 5.41 Å². The Balaban J connectivity index is 1.49. The van der Waals surface area contributed by atoms with Crippen molar-refractivity contribution < 1.29 is 14.1 Å². The number of carbonyl (C=O) groups is 1. The molecule has 0 unspecified atom stereocenters. The van der Waals surface area contributed by atoms with Crippen molar-refractivity contribution in [2.45, 2.75) is 63.5 Å². The van der Waals surface area contributed by atoms with E-state index < -0.39 is 5.60 Å². The molecule has 2 fully saturated rings. The fourth-order valence-electron chi connectivity index (χ4n) is 4.17. The molecule has 1 saturated heterocycles. The Hall–Kier alpha value is -2.74. The summed E-state index contributed by atoms with van der Waals surface area (Å²) in [5.74, 6) is 1.26. The van der Waals surface area contributed by atoms with Crippen LogP contribution in [0.5, 0.6) is 0 Å². The number of nitrogens with one attached hydrogen (secondary N) is 2. The van der Waals surface area contributed by atoms with Crippen LogP contribution in [0.4, 0.5) is 5.69 Å². The number of benzene rings is 1. The molecule has 0 atom stereocenters. The number of piperidine rings is 1. The molecule has 2 aliphatic rings. The van der Waals surface area contributed by atoms with Crippen LogP contribution in [0.3, 0.4) is 0 Å². The summed E-state index contributed by atoms with van der Waals surface area (Å²) in [5.41, 5.74) is 1.69. The maximum Gasteiger partial charge on any atom is 0.254 e. The van der Waals surface area contributed by atoms with Gasteiger partial charge in [0.1, 0.15) is 5.60 Å². The molecule has 1 aliphatic heterocycles. The van der Waals surface area contributed by atoms with Gasteiger partial charge < -0.3 is 24.9 Å². The molecule has 0 spiro atoms. The minimum atomic E-state index is -0.574. The number of anilines is 1. The highest BCUT2D eigenvalue weighted by molar-refractivity contribution is 5.88. The number of amides is 1. The summed E-state index contributed by atoms with van der Waals surface area (Å²) in [5, 5.41) is 15.2. The molecule has 0 radical (unpaired) electrons. The van der Waals surface area contributed by atoms with Crippen LogP contribution in [0.15, 0.2) is 22.7 Å². The summed E-state index contributed by atoms with van der Waals surface area (Å²) < 4.78 is 11.1. The van der Waals surface area contributed by atoms with Crippen molar-refractivity contribution in [2.75, 3.05) is 25.5 Å². The molecule has 1 aromatic heterocycles. The van der Waals surface area contributed by atoms with Gasteiger partial charge in [-0.25, -0.2) is 0 Å². The molecule has 0 bridgehead atoms. The van der Waals surface area contributed by atoms with E-state index in [1.807, 2.05) is 23.1 Å². The highest BCUT2D eigenvalue weighted by atomic mass is 16.5. The van der Waals surface area contributed by atoms with Gasteiger partial charge in [-0.3, -0.25) is 4.79 Å². The number of ether oxygens (including phenoxy) is 1. The maximum absolute atomic E-state index is 12.7. The van der Waals surface area contributed by atoms with Crippen LogP contribution in [0.1, 0.15) is 57.9 Å². The Labute approximate surface area is 182 Å². The number of rotatable bonds is 7. The van der Waals surface area contributed by atoms with Crippen molar-refractivity contribution in [1.29, 1.82) is 5.41 Å². The predicted octanol–water partition coefficient (Wildman–Crippen LogP) is 3.61. The fourth-order valence-corrected chi connectivity index (χ4v) is 4.17. The second-order valence-electron chi connectivity index (χ2n) is 9.22. The molecule has 8 nitrogen and oxygen atoms in total. The van der Waals surface area contributed by atoms with Gasteiger partial charge in [0.15, 0.2) is 0 Å². The van der Waals surface area contributed by atoms with Gasteiger partial charge in [-0.1, -0.05) is 24.2 Å². The van der Waals surface area contributed by atoms with Crippen molar-refractivity contribution in [3.05, 3.63) is 29.7 Å². The number of carbonyl (C=O) groups excluding carboxylic acids is 1. The van der Waals surface area contributed by atoms with Crippen molar-refractivity contribution in [3.63, 3.8) is 0 Å². The van der Waals surface area contributed by atoms with E-state index in [-0.39, 0.29) is 17.4 Å². The molecule has 2 N–H and O–H groups in total. The van der Waals surface area contributed by atoms with Crippen molar-refractivity contribution in [1.82, 2.24) is 15.0 Å². The van der Waals surface area contributed by atoms with E-state index in [4.69, 9.17) is 19.7 Å². The molecule has 2 heterocycles. The smallest absolute Gasteiger partial charge is 0.254 e. The van der Waals surface area contributed by atoms with Gasteiger partial charge in [-0.15, -0.1) is 0 Å². The Morgan fingerprint density at radius 3 is 2.58 bits per heavy atom. The number of hydrogen-bond donors (Lipinski definition) is 2. The minimum absolute atomic E-state index is 0.111. The molecular weight excluding hydrogens is 394 g/mol. The summed E-state index contributed by atoms with van der Waals surface area (Å²) in [6.07, 6.45) is 4.50. The Morgan fingerprint density at radius 1 is 1.29 bits per heavy atom. The average molecular weight is 426 g/mol. The Morgan fingerprint density at radius 2 is 2.00 bits per heavy atom. The van der Waals surface area contributed by atoms with Crippen molar-refractivity contribution in [2.24, 2.45) is 0 Å². The third kappa shape index (κ3) is 4.08. The Kier molecular flexibility index (Phi) is 5.60. The largest absolute Gasteiger partial charge is 0.382 e. The van der Waals surface area contributed by atoms with Crippen LogP contribution < -0.4 is 5.32 Å². The minimum Gasteiger partial charge on any atom is -0.382 e. The van der Waals surface area contributed by atoms with E-state index in [1.54, 1.807) is 7.11 Å². The molecule has 166 valence electrons. The quantitative estimate of drug-likeness (QED) is 0.657. The average Bonchev–Trinajstić information content (AvgIpc) is 3.40. The normalized spacial score (nSPS) is 19.3. The van der Waals surface area contributed by atoms with E-state index in [0.29, 0.717) is 24.8 Å². The fraction of sp³-hybridized carbons (Fsp3) is 0.565. The zero-order chi connectivity index (χ0) is 22.2. The molecular formula is C23H31N5O3. The van der Waals surface area contributed by atoms with Crippen LogP contribution in [-0.2, 0) is 14.9 Å². The first kappa shape index (κ1) is 21.5. The number of aromatic nitrogens is 2. The number of hydrogen-bond acceptors (Lipinski definition) is 7. The standard InChI is InChI=1S/C23H31N5O3/c1-15(2)25-18-13-16(5-6-17(18)14-24)19-26-20(31-27-19)22(3)9-11-28(12-10-22)21(29)23(30-4)7-8-23/h5-6,13-15,24-25H,7-12H2,1-4H3. The molecule has 1 saturated carbocycles. The number of nitrogens with zero attached hydrogens (tertiary/aromatic N) is 3. The van der Waals surface area contributed by atoms with E-state index in [9.17, 15) is 4.79 Å². The van der Waals surface area contributed by atoms with Crippen LogP contribution in [-0.4, -0.2) is 59.0 Å². The summed E-state index contributed by atoms with van der Waals surface area (Å²) in [6.45, 7) is 7.56. The summed E-state index contributed by atoms with van der Waals surface area (Å²) in [6, 6.07) is 6.00. The third-order valence-electron chi connectivity index (χ3n) is 6.49. The molecule has 2 aromatic rings. The van der Waals surface area contributed by atoms with Gasteiger partial charge in [0.2, 0.25) is 11.7 Å². The second kappa shape index (κ2) is 8.07. The van der Waals surface area contributed by atoms with Gasteiger partial charge in [0.05, 0.1) is 5.41 Å². The molecule has 1 amide bonds. The SMILES string of the molecule is COC1(C(=O)N2CCC(C)(c3nc(-c4ccc(C=N)c(NC(C)C)c4)no3)CC2)CC1. The van der Waals surface area contributed by atoms with Gasteiger partial charge >= 0.3 is 0 Å². The van der Waals surface area contributed by atoms with E-state index in [0.717, 1.165) is 42.5 Å². The lowest BCUT2D eigenvalue weighted by Crippen LogP contribution is -2.48. The monoisotopic (exact) mass is 425 g/mol. The molecule has 8 heteroatoms. The molecule has 31 heavy (non-hydrogen) atoms. The summed E-state index contributed by atoms with van der Waals surface area (Å²) in [7, 11) is 1.62. The molecule has 4 rings (SSSR count). The van der Waals surface area contributed by atoms with Crippen LogP contribution in [0.25, 0.3) is 11.4 Å². The molecule has 1 aliphatic carbocycles. The van der Waals surface area contributed by atoms with Crippen LogP contribution >= 0.6 is 0 Å². The lowest BCUT2D eigenvalue weighted by molar-refractivity contribution is -0.146. The lowest BCUT2D eigenvalue weighted by Gasteiger charge is -2.38. The highest BCUT2D eigenvalue weighted by Gasteiger charge is 2.53. The third-order valence-corrected chi connectivity index (χ3v) is 6.49. The first-order chi connectivity index (χ1) is 14.8. The van der Waals surface area contributed by atoms with E-state index in [2.05, 4.69) is 31.2 Å². The first-order valence-corrected chi connectivity index (χ1v) is 10.9. The van der Waals surface area contributed by atoms with Crippen LogP contribution in [0.2, 0.25) is 0 Å². The topological polar surface area (TPSA) is 104 Å². The maximum atomic E-state index is 12.7. The highest BCUT2D eigenvalue weighted by Crippen LogP contribution is 2.42. The zero-order valence-corrected chi connectivity index (χ0v) is 18.7. The van der Waals surface area contributed by atoms with Gasteiger partial charge in [-0.05, 0) is 45.6 Å². The van der Waals surface area contributed by atoms with Gasteiger partial charge in [0, 0.05) is 49.3 Å². The van der Waals surface area contributed by atoms with E-state index >= 15 is 0 Å². The van der Waals surface area contributed by atoms with E-state index in [1.165, 1.54) is 6.21 Å². The molecule has 1 aromatic carbocycles. The van der Waals surface area contributed by atoms with Gasteiger partial charge in [-0.2, -0.15) is 4.98 Å². The zero-order valence-electron chi connectivity index (χ0n) is 18.7.